The molecule has 0 spiro atoms. The number of anilines is 1. The van der Waals surface area contributed by atoms with Crippen molar-refractivity contribution >= 4 is 39.9 Å². The van der Waals surface area contributed by atoms with Gasteiger partial charge in [0.05, 0.1) is 28.3 Å². The summed E-state index contributed by atoms with van der Waals surface area (Å²) in [6.45, 7) is 2.02. The van der Waals surface area contributed by atoms with E-state index in [0.717, 1.165) is 16.5 Å². The molecule has 0 saturated heterocycles. The number of aryl methyl sites for hydroxylation is 1. The average molecular weight is 391 g/mol. The molecule has 2 aromatic heterocycles. The molecule has 29 heavy (non-hydrogen) atoms. The number of benzene rings is 2. The molecule has 0 radical (unpaired) electrons. The summed E-state index contributed by atoms with van der Waals surface area (Å²) in [7, 11) is 0. The SMILES string of the molecule is Cc1cccc2c1[nH]c1nc(NN=Cc3cc4c(cc3[N+](=O)[O-])OCO4)nnc12. The van der Waals surface area contributed by atoms with Gasteiger partial charge in [-0.3, -0.25) is 10.1 Å². The Balaban J connectivity index is 1.45. The molecule has 0 saturated carbocycles. The monoisotopic (exact) mass is 391 g/mol. The zero-order valence-electron chi connectivity index (χ0n) is 15.0. The average Bonchev–Trinajstić information content (AvgIpc) is 3.31. The Morgan fingerprint density at radius 3 is 2.93 bits per heavy atom. The number of fused-ring (bicyclic) bond motifs is 4. The highest BCUT2D eigenvalue weighted by Crippen LogP contribution is 2.37. The minimum absolute atomic E-state index is 0.0227. The lowest BCUT2D eigenvalue weighted by Gasteiger charge is -2.01. The van der Waals surface area contributed by atoms with Crippen molar-refractivity contribution in [3.8, 4) is 11.5 Å². The molecule has 1 aliphatic heterocycles. The van der Waals surface area contributed by atoms with E-state index in [0.29, 0.717) is 22.7 Å². The summed E-state index contributed by atoms with van der Waals surface area (Å²) in [6, 6.07) is 8.69. The number of hydrogen-bond donors (Lipinski definition) is 2. The second-order valence-electron chi connectivity index (χ2n) is 6.35. The third-order valence-corrected chi connectivity index (χ3v) is 4.54. The smallest absolute Gasteiger partial charge is 0.282 e. The van der Waals surface area contributed by atoms with Crippen LogP contribution in [0.5, 0.6) is 11.5 Å². The molecule has 0 fully saturated rings. The number of aromatic amines is 1. The number of hydrogen-bond acceptors (Lipinski definition) is 9. The quantitative estimate of drug-likeness (QED) is 0.307. The van der Waals surface area contributed by atoms with Crippen molar-refractivity contribution in [1.29, 1.82) is 0 Å². The van der Waals surface area contributed by atoms with E-state index in [2.05, 4.69) is 30.7 Å². The van der Waals surface area contributed by atoms with Gasteiger partial charge in [0.1, 0.15) is 5.52 Å². The van der Waals surface area contributed by atoms with Gasteiger partial charge in [0.25, 0.3) is 11.6 Å². The maximum absolute atomic E-state index is 11.3. The number of para-hydroxylation sites is 1. The number of hydrazone groups is 1. The first kappa shape index (κ1) is 16.9. The Morgan fingerprint density at radius 2 is 2.10 bits per heavy atom. The van der Waals surface area contributed by atoms with Gasteiger partial charge >= 0.3 is 0 Å². The molecule has 0 amide bonds. The van der Waals surface area contributed by atoms with Crippen molar-refractivity contribution in [3.05, 3.63) is 51.6 Å². The van der Waals surface area contributed by atoms with Gasteiger partial charge in [0, 0.05) is 5.39 Å². The summed E-state index contributed by atoms with van der Waals surface area (Å²) in [4.78, 5) is 18.4. The number of nitrogens with one attached hydrogen (secondary N) is 2. The Morgan fingerprint density at radius 1 is 1.28 bits per heavy atom. The number of H-pyrrole nitrogens is 1. The summed E-state index contributed by atoms with van der Waals surface area (Å²) in [5.41, 5.74) is 5.99. The summed E-state index contributed by atoms with van der Waals surface area (Å²) >= 11 is 0. The van der Waals surface area contributed by atoms with E-state index in [9.17, 15) is 10.1 Å². The zero-order valence-corrected chi connectivity index (χ0v) is 15.0. The number of nitro benzene ring substituents is 1. The Labute approximate surface area is 162 Å². The van der Waals surface area contributed by atoms with Gasteiger partial charge < -0.3 is 14.5 Å². The molecule has 0 atom stereocenters. The summed E-state index contributed by atoms with van der Waals surface area (Å²) < 4.78 is 10.4. The normalized spacial score (nSPS) is 12.9. The molecule has 5 rings (SSSR count). The maximum atomic E-state index is 11.3. The highest BCUT2D eigenvalue weighted by Gasteiger charge is 2.22. The largest absolute Gasteiger partial charge is 0.454 e. The first-order valence-corrected chi connectivity index (χ1v) is 8.59. The van der Waals surface area contributed by atoms with Crippen LogP contribution in [0.2, 0.25) is 0 Å². The van der Waals surface area contributed by atoms with Crippen LogP contribution in [0.15, 0.2) is 35.4 Å². The Hall–Kier alpha value is -4.28. The lowest BCUT2D eigenvalue weighted by Crippen LogP contribution is -2.00. The summed E-state index contributed by atoms with van der Waals surface area (Å²) in [5, 5.41) is 24.5. The van der Waals surface area contributed by atoms with Crippen molar-refractivity contribution in [2.75, 3.05) is 12.2 Å². The second kappa shape index (κ2) is 6.41. The lowest BCUT2D eigenvalue weighted by atomic mass is 10.1. The van der Waals surface area contributed by atoms with Gasteiger partial charge in [0.2, 0.25) is 6.79 Å². The standard InChI is InChI=1S/C18H13N7O4/c1-9-3-2-4-11-15(9)20-17-16(11)22-24-18(21-17)23-19-7-10-5-13-14(29-8-28-13)6-12(10)25(26)27/h2-7H,8H2,1H3,(H2,20,21,23,24). The molecule has 2 N–H and O–H groups in total. The minimum Gasteiger partial charge on any atom is -0.454 e. The third-order valence-electron chi connectivity index (χ3n) is 4.54. The van der Waals surface area contributed by atoms with Crippen molar-refractivity contribution in [1.82, 2.24) is 20.2 Å². The molecule has 144 valence electrons. The van der Waals surface area contributed by atoms with E-state index < -0.39 is 4.92 Å². The summed E-state index contributed by atoms with van der Waals surface area (Å²) in [5.74, 6) is 0.903. The fraction of sp³-hybridized carbons (Fsp3) is 0.111. The van der Waals surface area contributed by atoms with Crippen molar-refractivity contribution in [3.63, 3.8) is 0 Å². The fourth-order valence-corrected chi connectivity index (χ4v) is 3.16. The molecule has 0 unspecified atom stereocenters. The highest BCUT2D eigenvalue weighted by atomic mass is 16.7. The van der Waals surface area contributed by atoms with Crippen LogP contribution in [-0.4, -0.2) is 38.1 Å². The van der Waals surface area contributed by atoms with E-state index >= 15 is 0 Å². The van der Waals surface area contributed by atoms with Crippen LogP contribution in [0.4, 0.5) is 11.6 Å². The van der Waals surface area contributed by atoms with Gasteiger partial charge in [-0.15, -0.1) is 10.2 Å². The van der Waals surface area contributed by atoms with E-state index in [1.807, 2.05) is 25.1 Å². The van der Waals surface area contributed by atoms with E-state index in [1.54, 1.807) is 0 Å². The van der Waals surface area contributed by atoms with Crippen LogP contribution in [-0.2, 0) is 0 Å². The molecule has 3 heterocycles. The van der Waals surface area contributed by atoms with E-state index in [-0.39, 0.29) is 24.0 Å². The van der Waals surface area contributed by atoms with Crippen molar-refractivity contribution < 1.29 is 14.4 Å². The zero-order chi connectivity index (χ0) is 20.0. The Kier molecular flexibility index (Phi) is 3.72. The van der Waals surface area contributed by atoms with Gasteiger partial charge in [0.15, 0.2) is 17.1 Å². The number of nitro groups is 1. The van der Waals surface area contributed by atoms with E-state index in [4.69, 9.17) is 9.47 Å². The van der Waals surface area contributed by atoms with Crippen molar-refractivity contribution in [2.24, 2.45) is 5.10 Å². The molecule has 4 aromatic rings. The molecular formula is C18H13N7O4. The fourth-order valence-electron chi connectivity index (χ4n) is 3.16. The van der Waals surface area contributed by atoms with Crippen LogP contribution in [0.25, 0.3) is 22.1 Å². The highest BCUT2D eigenvalue weighted by molar-refractivity contribution is 6.04. The maximum Gasteiger partial charge on any atom is 0.282 e. The minimum atomic E-state index is -0.514. The number of nitrogens with zero attached hydrogens (tertiary/aromatic N) is 5. The van der Waals surface area contributed by atoms with Crippen molar-refractivity contribution in [2.45, 2.75) is 6.92 Å². The van der Waals surface area contributed by atoms with E-state index in [1.165, 1.54) is 18.3 Å². The van der Waals surface area contributed by atoms with Crippen LogP contribution in [0, 0.1) is 17.0 Å². The predicted molar refractivity (Wildman–Crippen MR) is 104 cm³/mol. The molecule has 11 nitrogen and oxygen atoms in total. The van der Waals surface area contributed by atoms with Gasteiger partial charge in [-0.25, -0.2) is 5.43 Å². The first-order valence-electron chi connectivity index (χ1n) is 8.59. The third kappa shape index (κ3) is 2.84. The predicted octanol–water partition coefficient (Wildman–Crippen LogP) is 2.90. The number of rotatable bonds is 4. The first-order chi connectivity index (χ1) is 14.1. The number of ether oxygens (including phenoxy) is 2. The summed E-state index contributed by atoms with van der Waals surface area (Å²) in [6.07, 6.45) is 1.29. The van der Waals surface area contributed by atoms with Crippen LogP contribution in [0.1, 0.15) is 11.1 Å². The Bertz CT molecular complexity index is 1310. The molecule has 0 aliphatic carbocycles. The van der Waals surface area contributed by atoms with Gasteiger partial charge in [-0.1, -0.05) is 18.2 Å². The molecule has 1 aliphatic rings. The molecule has 0 bridgehead atoms. The second-order valence-corrected chi connectivity index (χ2v) is 6.35. The topological polar surface area (TPSA) is 140 Å². The number of aromatic nitrogens is 4. The van der Waals surface area contributed by atoms with Gasteiger partial charge in [-0.05, 0) is 18.6 Å². The lowest BCUT2D eigenvalue weighted by molar-refractivity contribution is -0.385. The molecule has 2 aromatic carbocycles. The molecular weight excluding hydrogens is 378 g/mol. The molecule has 11 heteroatoms. The van der Waals surface area contributed by atoms with Crippen LogP contribution < -0.4 is 14.9 Å². The van der Waals surface area contributed by atoms with Crippen LogP contribution >= 0.6 is 0 Å². The van der Waals surface area contributed by atoms with Crippen LogP contribution in [0.3, 0.4) is 0 Å². The van der Waals surface area contributed by atoms with Gasteiger partial charge in [-0.2, -0.15) is 10.1 Å².